The van der Waals surface area contributed by atoms with Gasteiger partial charge in [0, 0.05) is 6.54 Å². The first-order valence-electron chi connectivity index (χ1n) is 4.74. The Hall–Kier alpha value is -0.690. The lowest BCUT2D eigenvalue weighted by molar-refractivity contribution is -0.121. The zero-order valence-electron chi connectivity index (χ0n) is 8.67. The average Bonchev–Trinajstić information content (AvgIpc) is 2.27. The summed E-state index contributed by atoms with van der Waals surface area (Å²) in [5.41, 5.74) is -0.332. The van der Waals surface area contributed by atoms with Crippen molar-refractivity contribution in [3.63, 3.8) is 0 Å². The summed E-state index contributed by atoms with van der Waals surface area (Å²) in [6.45, 7) is 2.50. The van der Waals surface area contributed by atoms with E-state index < -0.39 is 0 Å². The van der Waals surface area contributed by atoms with Crippen LogP contribution in [0, 0.1) is 0 Å². The van der Waals surface area contributed by atoms with Crippen LogP contribution in [0.3, 0.4) is 0 Å². The molecule has 0 aliphatic carbocycles. The topological polar surface area (TPSA) is 64.0 Å². The molecule has 0 aliphatic rings. The molecule has 5 nitrogen and oxygen atoms in total. The molecule has 1 aromatic heterocycles. The first-order chi connectivity index (χ1) is 7.56. The molecule has 0 spiro atoms. The van der Waals surface area contributed by atoms with E-state index in [9.17, 15) is 9.59 Å². The molecule has 0 aliphatic heterocycles. The first-order valence-corrected chi connectivity index (χ1v) is 6.32. The van der Waals surface area contributed by atoms with Crippen molar-refractivity contribution in [2.24, 2.45) is 0 Å². The van der Waals surface area contributed by atoms with Gasteiger partial charge in [-0.2, -0.15) is 5.10 Å². The van der Waals surface area contributed by atoms with Gasteiger partial charge < -0.3 is 5.32 Å². The smallest absolute Gasteiger partial charge is 0.282 e. The minimum Gasteiger partial charge on any atom is -0.355 e. The molecule has 0 saturated heterocycles. The number of halogens is 2. The first kappa shape index (κ1) is 13.4. The maximum atomic E-state index is 11.6. The molecular weight excluding hydrogens is 342 g/mol. The molecule has 1 N–H and O–H groups in total. The van der Waals surface area contributed by atoms with Gasteiger partial charge in [0.25, 0.3) is 5.56 Å². The average molecular weight is 353 g/mol. The Bertz CT molecular complexity index is 445. The number of nitrogens with one attached hydrogen (secondary N) is 1. The molecule has 0 radical (unpaired) electrons. The zero-order chi connectivity index (χ0) is 12.1. The van der Waals surface area contributed by atoms with Crippen LogP contribution in [0.25, 0.3) is 0 Å². The highest BCUT2D eigenvalue weighted by molar-refractivity contribution is 9.13. The van der Waals surface area contributed by atoms with Crippen LogP contribution in [0.4, 0.5) is 0 Å². The van der Waals surface area contributed by atoms with Crippen LogP contribution >= 0.6 is 31.9 Å². The van der Waals surface area contributed by atoms with Crippen molar-refractivity contribution in [1.29, 1.82) is 0 Å². The van der Waals surface area contributed by atoms with E-state index in [0.29, 0.717) is 15.5 Å². The second-order valence-electron chi connectivity index (χ2n) is 3.12. The summed E-state index contributed by atoms with van der Waals surface area (Å²) >= 11 is 6.29. The highest BCUT2D eigenvalue weighted by Crippen LogP contribution is 2.16. The summed E-state index contributed by atoms with van der Waals surface area (Å²) in [6, 6.07) is 0. The molecule has 0 fully saturated rings. The van der Waals surface area contributed by atoms with E-state index in [-0.39, 0.29) is 18.0 Å². The van der Waals surface area contributed by atoms with Crippen molar-refractivity contribution < 1.29 is 4.79 Å². The van der Waals surface area contributed by atoms with E-state index in [1.165, 1.54) is 6.20 Å². The van der Waals surface area contributed by atoms with Crippen LogP contribution in [0.2, 0.25) is 0 Å². The number of hydrogen-bond donors (Lipinski definition) is 1. The molecule has 0 atom stereocenters. The van der Waals surface area contributed by atoms with Crippen LogP contribution < -0.4 is 10.9 Å². The highest BCUT2D eigenvalue weighted by atomic mass is 79.9. The quantitative estimate of drug-likeness (QED) is 0.888. The summed E-state index contributed by atoms with van der Waals surface area (Å²) in [5.74, 6) is -0.217. The van der Waals surface area contributed by atoms with E-state index >= 15 is 0 Å². The predicted octanol–water partition coefficient (Wildman–Crippen LogP) is 1.29. The Morgan fingerprint density at radius 3 is 2.88 bits per heavy atom. The lowest BCUT2D eigenvalue weighted by Crippen LogP contribution is -2.34. The fraction of sp³-hybridized carbons (Fsp3) is 0.444. The second kappa shape index (κ2) is 6.15. The number of aromatic nitrogens is 2. The summed E-state index contributed by atoms with van der Waals surface area (Å²) in [4.78, 5) is 23.0. The minimum absolute atomic E-state index is 0.0648. The molecule has 1 rings (SSSR count). The van der Waals surface area contributed by atoms with Crippen LogP contribution in [-0.2, 0) is 11.3 Å². The van der Waals surface area contributed by atoms with Crippen LogP contribution in [0.15, 0.2) is 19.9 Å². The van der Waals surface area contributed by atoms with Gasteiger partial charge in [-0.15, -0.1) is 0 Å². The third-order valence-electron chi connectivity index (χ3n) is 1.81. The molecule has 1 amide bonds. The summed E-state index contributed by atoms with van der Waals surface area (Å²) in [5, 5.41) is 6.53. The van der Waals surface area contributed by atoms with Gasteiger partial charge >= 0.3 is 0 Å². The molecule has 88 valence electrons. The maximum absolute atomic E-state index is 11.6. The molecule has 7 heteroatoms. The predicted molar refractivity (Wildman–Crippen MR) is 67.2 cm³/mol. The minimum atomic E-state index is -0.332. The van der Waals surface area contributed by atoms with E-state index in [4.69, 9.17) is 0 Å². The van der Waals surface area contributed by atoms with E-state index in [1.807, 2.05) is 6.92 Å². The molecule has 1 aromatic rings. The molecular formula is C9H11Br2N3O2. The largest absolute Gasteiger partial charge is 0.355 e. The van der Waals surface area contributed by atoms with E-state index in [2.05, 4.69) is 42.3 Å². The number of hydrogen-bond acceptors (Lipinski definition) is 3. The lowest BCUT2D eigenvalue weighted by atomic mass is 10.4. The summed E-state index contributed by atoms with van der Waals surface area (Å²) in [6.07, 6.45) is 2.33. The van der Waals surface area contributed by atoms with Crippen LogP contribution in [0.5, 0.6) is 0 Å². The van der Waals surface area contributed by atoms with Crippen LogP contribution in [0.1, 0.15) is 13.3 Å². The van der Waals surface area contributed by atoms with Crippen molar-refractivity contribution in [1.82, 2.24) is 15.1 Å². The highest BCUT2D eigenvalue weighted by Gasteiger charge is 2.09. The van der Waals surface area contributed by atoms with Gasteiger partial charge in [-0.3, -0.25) is 9.59 Å². The molecule has 16 heavy (non-hydrogen) atoms. The lowest BCUT2D eigenvalue weighted by Gasteiger charge is -2.06. The number of rotatable bonds is 4. The van der Waals surface area contributed by atoms with Gasteiger partial charge in [0.15, 0.2) is 0 Å². The third-order valence-corrected chi connectivity index (χ3v) is 3.71. The zero-order valence-corrected chi connectivity index (χ0v) is 11.8. The van der Waals surface area contributed by atoms with E-state index in [1.54, 1.807) is 0 Å². The van der Waals surface area contributed by atoms with Gasteiger partial charge in [-0.05, 0) is 38.3 Å². The Labute approximate surface area is 109 Å². The Morgan fingerprint density at radius 1 is 1.56 bits per heavy atom. The van der Waals surface area contributed by atoms with Gasteiger partial charge in [0.05, 0.1) is 10.7 Å². The van der Waals surface area contributed by atoms with Crippen LogP contribution in [-0.4, -0.2) is 22.2 Å². The molecule has 0 saturated carbocycles. The molecule has 0 unspecified atom stereocenters. The van der Waals surface area contributed by atoms with E-state index in [0.717, 1.165) is 11.1 Å². The standard InChI is InChI=1S/C9H11Br2N3O2/c1-2-3-12-7(15)5-14-9(16)8(11)6(10)4-13-14/h4H,2-3,5H2,1H3,(H,12,15). The Balaban J connectivity index is 2.79. The van der Waals surface area contributed by atoms with Gasteiger partial charge in [-0.1, -0.05) is 6.92 Å². The van der Waals surface area contributed by atoms with Crippen molar-refractivity contribution in [3.05, 3.63) is 25.5 Å². The SMILES string of the molecule is CCCNC(=O)Cn1ncc(Br)c(Br)c1=O. The number of nitrogens with zero attached hydrogens (tertiary/aromatic N) is 2. The summed E-state index contributed by atoms with van der Waals surface area (Å²) in [7, 11) is 0. The second-order valence-corrected chi connectivity index (χ2v) is 4.77. The fourth-order valence-electron chi connectivity index (χ4n) is 1.01. The van der Waals surface area contributed by atoms with Gasteiger partial charge in [0.1, 0.15) is 11.0 Å². The van der Waals surface area contributed by atoms with Crippen molar-refractivity contribution in [3.8, 4) is 0 Å². The Kier molecular flexibility index (Phi) is 5.14. The van der Waals surface area contributed by atoms with Crippen molar-refractivity contribution in [2.75, 3.05) is 6.54 Å². The van der Waals surface area contributed by atoms with Crippen molar-refractivity contribution >= 4 is 37.8 Å². The normalized spacial score (nSPS) is 10.2. The molecule has 0 bridgehead atoms. The third kappa shape index (κ3) is 3.41. The number of amides is 1. The maximum Gasteiger partial charge on any atom is 0.282 e. The number of carbonyl (C=O) groups excluding carboxylic acids is 1. The monoisotopic (exact) mass is 351 g/mol. The molecule has 1 heterocycles. The van der Waals surface area contributed by atoms with Crippen molar-refractivity contribution in [2.45, 2.75) is 19.9 Å². The fourth-order valence-corrected chi connectivity index (χ4v) is 1.58. The van der Waals surface area contributed by atoms with Gasteiger partial charge in [0.2, 0.25) is 5.91 Å². The Morgan fingerprint density at radius 2 is 2.25 bits per heavy atom. The molecule has 0 aromatic carbocycles. The van der Waals surface area contributed by atoms with Gasteiger partial charge in [-0.25, -0.2) is 4.68 Å². The number of carbonyl (C=O) groups is 1. The summed E-state index contributed by atoms with van der Waals surface area (Å²) < 4.78 is 2.05.